The van der Waals surface area contributed by atoms with Crippen LogP contribution in [0.3, 0.4) is 0 Å². The zero-order valence-electron chi connectivity index (χ0n) is 23.8. The average Bonchev–Trinajstić information content (AvgIpc) is 2.99. The molecule has 0 aliphatic carbocycles. The Labute approximate surface area is 244 Å². The number of methoxy groups -OCH3 is 1. The van der Waals surface area contributed by atoms with Gasteiger partial charge in [0.15, 0.2) is 0 Å². The molecule has 3 aromatic rings. The molecule has 0 unspecified atom stereocenters. The van der Waals surface area contributed by atoms with Gasteiger partial charge in [-0.2, -0.15) is 0 Å². The van der Waals surface area contributed by atoms with Crippen LogP contribution in [0.4, 0.5) is 0 Å². The molecule has 42 heavy (non-hydrogen) atoms. The van der Waals surface area contributed by atoms with Crippen molar-refractivity contribution in [1.29, 1.82) is 0 Å². The molecule has 3 aromatic carbocycles. The Hall–Kier alpha value is -5.02. The smallest absolute Gasteiger partial charge is 0.339 e. The van der Waals surface area contributed by atoms with Crippen molar-refractivity contribution in [1.82, 2.24) is 0 Å². The first kappa shape index (κ1) is 31.5. The lowest BCUT2D eigenvalue weighted by Gasteiger charge is -2.13. The minimum atomic E-state index is -0.772. The van der Waals surface area contributed by atoms with Crippen LogP contribution in [0.5, 0.6) is 5.75 Å². The van der Waals surface area contributed by atoms with E-state index in [1.54, 1.807) is 31.2 Å². The second-order valence-corrected chi connectivity index (χ2v) is 9.21. The molecule has 218 valence electrons. The van der Waals surface area contributed by atoms with Gasteiger partial charge in [0.05, 0.1) is 17.7 Å². The lowest BCUT2D eigenvalue weighted by molar-refractivity contribution is -0.140. The van der Waals surface area contributed by atoms with E-state index in [0.29, 0.717) is 16.9 Å². The number of carbonyl (C=O) groups is 4. The lowest BCUT2D eigenvalue weighted by Crippen LogP contribution is -2.18. The summed E-state index contributed by atoms with van der Waals surface area (Å²) >= 11 is 0. The third-order valence-corrected chi connectivity index (χ3v) is 5.84. The fourth-order valence-electron chi connectivity index (χ4n) is 3.60. The van der Waals surface area contributed by atoms with Crippen LogP contribution in [-0.4, -0.2) is 57.4 Å². The molecule has 0 saturated heterocycles. The van der Waals surface area contributed by atoms with E-state index in [9.17, 15) is 19.2 Å². The van der Waals surface area contributed by atoms with Crippen LogP contribution in [0.2, 0.25) is 0 Å². The Kier molecular flexibility index (Phi) is 11.3. The zero-order valence-corrected chi connectivity index (χ0v) is 23.8. The number of carbonyl (C=O) groups excluding carboxylic acids is 4. The molecule has 0 aromatic heterocycles. The maximum atomic E-state index is 13.0. The monoisotopic (exact) mass is 572 g/mol. The van der Waals surface area contributed by atoms with E-state index in [4.69, 9.17) is 23.7 Å². The first-order chi connectivity index (χ1) is 20.1. The number of ether oxygens (including phenoxy) is 5. The zero-order chi connectivity index (χ0) is 30.6. The molecule has 0 atom stereocenters. The van der Waals surface area contributed by atoms with Crippen molar-refractivity contribution in [3.8, 4) is 28.0 Å². The first-order valence-electron chi connectivity index (χ1n) is 13.0. The Balaban J connectivity index is 1.80. The van der Waals surface area contributed by atoms with Crippen LogP contribution in [0.1, 0.15) is 34.6 Å². The molecule has 0 fully saturated rings. The van der Waals surface area contributed by atoms with E-state index in [0.717, 1.165) is 16.7 Å². The lowest BCUT2D eigenvalue weighted by atomic mass is 9.97. The second kappa shape index (κ2) is 15.1. The highest BCUT2D eigenvalue weighted by molar-refractivity contribution is 6.04. The molecule has 9 heteroatoms. The van der Waals surface area contributed by atoms with Crippen molar-refractivity contribution in [2.24, 2.45) is 0 Å². The minimum absolute atomic E-state index is 0.00474. The summed E-state index contributed by atoms with van der Waals surface area (Å²) in [7, 11) is 1.48. The van der Waals surface area contributed by atoms with Crippen LogP contribution >= 0.6 is 0 Å². The van der Waals surface area contributed by atoms with Crippen molar-refractivity contribution in [3.05, 3.63) is 102 Å². The van der Waals surface area contributed by atoms with Crippen molar-refractivity contribution in [3.63, 3.8) is 0 Å². The molecule has 0 bridgehead atoms. The number of hydrogen-bond donors (Lipinski definition) is 0. The SMILES string of the molecule is C=C(C)C(=O)OCCOC(=O)c1cc(-c2ccc(-c3ccc(OC(=O)C(=C)C)cc3)cc2)ccc1C(=O)OCCOC. The number of esters is 4. The summed E-state index contributed by atoms with van der Waals surface area (Å²) < 4.78 is 25.6. The predicted molar refractivity (Wildman–Crippen MR) is 156 cm³/mol. The standard InChI is InChI=1S/C33H32O9/c1-21(2)30(34)39-18-19-41-33(37)29-20-26(12-15-28(29)32(36)40-17-16-38-5)25-8-6-23(7-9-25)24-10-13-27(14-11-24)42-31(35)22(3)4/h6-15,20H,1,3,16-19H2,2,4-5H3. The third kappa shape index (κ3) is 8.74. The van der Waals surface area contributed by atoms with Crippen molar-refractivity contribution < 1.29 is 42.9 Å². The molecular formula is C33H32O9. The van der Waals surface area contributed by atoms with Gasteiger partial charge in [-0.1, -0.05) is 55.6 Å². The summed E-state index contributed by atoms with van der Waals surface area (Å²) in [5, 5.41) is 0. The highest BCUT2D eigenvalue weighted by atomic mass is 16.6. The van der Waals surface area contributed by atoms with E-state index in [2.05, 4.69) is 13.2 Å². The van der Waals surface area contributed by atoms with Gasteiger partial charge in [0, 0.05) is 18.3 Å². The average molecular weight is 573 g/mol. The van der Waals surface area contributed by atoms with Crippen molar-refractivity contribution in [2.45, 2.75) is 13.8 Å². The van der Waals surface area contributed by atoms with E-state index in [-0.39, 0.29) is 43.1 Å². The topological polar surface area (TPSA) is 114 Å². The molecule has 0 spiro atoms. The molecule has 0 aliphatic rings. The maximum Gasteiger partial charge on any atom is 0.339 e. The van der Waals surface area contributed by atoms with Gasteiger partial charge < -0.3 is 23.7 Å². The Morgan fingerprint density at radius 1 is 0.571 bits per heavy atom. The van der Waals surface area contributed by atoms with Gasteiger partial charge in [-0.15, -0.1) is 0 Å². The maximum absolute atomic E-state index is 13.0. The van der Waals surface area contributed by atoms with E-state index >= 15 is 0 Å². The molecule has 0 radical (unpaired) electrons. The predicted octanol–water partition coefficient (Wildman–Crippen LogP) is 5.58. The fourth-order valence-corrected chi connectivity index (χ4v) is 3.60. The molecule has 3 rings (SSSR count). The van der Waals surface area contributed by atoms with Crippen LogP contribution in [0.15, 0.2) is 91.0 Å². The highest BCUT2D eigenvalue weighted by Gasteiger charge is 2.21. The van der Waals surface area contributed by atoms with Gasteiger partial charge in [-0.3, -0.25) is 0 Å². The summed E-state index contributed by atoms with van der Waals surface area (Å²) in [5.41, 5.74) is 3.84. The second-order valence-electron chi connectivity index (χ2n) is 9.21. The fraction of sp³-hybridized carbons (Fsp3) is 0.212. The van der Waals surface area contributed by atoms with Crippen LogP contribution in [0.25, 0.3) is 22.3 Å². The quantitative estimate of drug-likeness (QED) is 0.0851. The summed E-state index contributed by atoms with van der Waals surface area (Å²) in [5.74, 6) is -2.15. The summed E-state index contributed by atoms with van der Waals surface area (Å²) in [4.78, 5) is 49.0. The van der Waals surface area contributed by atoms with Gasteiger partial charge >= 0.3 is 23.9 Å². The van der Waals surface area contributed by atoms with Crippen LogP contribution < -0.4 is 4.74 Å². The highest BCUT2D eigenvalue weighted by Crippen LogP contribution is 2.28. The molecule has 0 heterocycles. The molecule has 0 aliphatic heterocycles. The molecular weight excluding hydrogens is 540 g/mol. The molecule has 0 saturated carbocycles. The summed E-state index contributed by atoms with van der Waals surface area (Å²) in [6, 6.07) is 19.4. The van der Waals surface area contributed by atoms with Crippen molar-refractivity contribution in [2.75, 3.05) is 33.5 Å². The Morgan fingerprint density at radius 2 is 1.02 bits per heavy atom. The minimum Gasteiger partial charge on any atom is -0.460 e. The Bertz CT molecular complexity index is 1470. The van der Waals surface area contributed by atoms with E-state index < -0.39 is 23.9 Å². The van der Waals surface area contributed by atoms with E-state index in [1.165, 1.54) is 20.1 Å². The largest absolute Gasteiger partial charge is 0.460 e. The van der Waals surface area contributed by atoms with Gasteiger partial charge in [0.2, 0.25) is 0 Å². The number of rotatable bonds is 13. The van der Waals surface area contributed by atoms with Crippen molar-refractivity contribution >= 4 is 23.9 Å². The van der Waals surface area contributed by atoms with E-state index in [1.807, 2.05) is 36.4 Å². The van der Waals surface area contributed by atoms with Gasteiger partial charge in [0.25, 0.3) is 0 Å². The number of hydrogen-bond acceptors (Lipinski definition) is 9. The first-order valence-corrected chi connectivity index (χ1v) is 13.0. The third-order valence-electron chi connectivity index (χ3n) is 5.84. The molecule has 9 nitrogen and oxygen atoms in total. The Morgan fingerprint density at radius 3 is 1.57 bits per heavy atom. The van der Waals surface area contributed by atoms with Crippen LogP contribution in [-0.2, 0) is 28.5 Å². The van der Waals surface area contributed by atoms with Gasteiger partial charge in [-0.05, 0) is 60.4 Å². The summed E-state index contributed by atoms with van der Waals surface area (Å²) in [6.45, 7) is 10.0. The van der Waals surface area contributed by atoms with Crippen LogP contribution in [0, 0.1) is 0 Å². The van der Waals surface area contributed by atoms with Gasteiger partial charge in [-0.25, -0.2) is 19.2 Å². The molecule has 0 amide bonds. The normalized spacial score (nSPS) is 10.4. The number of benzene rings is 3. The molecule has 0 N–H and O–H groups in total. The summed E-state index contributed by atoms with van der Waals surface area (Å²) in [6.07, 6.45) is 0. The van der Waals surface area contributed by atoms with Gasteiger partial charge in [0.1, 0.15) is 25.6 Å².